The first kappa shape index (κ1) is 12.3. The molecule has 15 heavy (non-hydrogen) atoms. The molecule has 88 valence electrons. The van der Waals surface area contributed by atoms with Gasteiger partial charge < -0.3 is 16.0 Å². The second-order valence-electron chi connectivity index (χ2n) is 4.21. The predicted molar refractivity (Wildman–Crippen MR) is 61.7 cm³/mol. The van der Waals surface area contributed by atoms with Gasteiger partial charge in [-0.25, -0.2) is 4.79 Å². The van der Waals surface area contributed by atoms with E-state index in [1.807, 2.05) is 4.90 Å². The van der Waals surface area contributed by atoms with Gasteiger partial charge >= 0.3 is 6.03 Å². The number of urea groups is 1. The Labute approximate surface area is 92.2 Å². The minimum absolute atomic E-state index is 0.0641. The topological polar surface area (TPSA) is 58.4 Å². The van der Waals surface area contributed by atoms with Gasteiger partial charge in [0, 0.05) is 25.7 Å². The molecule has 0 bridgehead atoms. The summed E-state index contributed by atoms with van der Waals surface area (Å²) in [5.41, 5.74) is 5.48. The number of hydrogen-bond acceptors (Lipinski definition) is 2. The predicted octanol–water partition coefficient (Wildman–Crippen LogP) is 1.31. The standard InChI is InChI=1S/C11H23N3O/c1-2-8-14(9-7-12)11(15)13-10-5-3-4-6-10/h10H,2-9,12H2,1H3,(H,13,15). The molecular weight excluding hydrogens is 190 g/mol. The molecule has 0 aromatic rings. The van der Waals surface area contributed by atoms with E-state index < -0.39 is 0 Å². The van der Waals surface area contributed by atoms with Crippen LogP contribution in [0.4, 0.5) is 4.79 Å². The second-order valence-corrected chi connectivity index (χ2v) is 4.21. The number of carbonyl (C=O) groups excluding carboxylic acids is 1. The molecule has 0 unspecified atom stereocenters. The van der Waals surface area contributed by atoms with Crippen LogP contribution in [0, 0.1) is 0 Å². The van der Waals surface area contributed by atoms with E-state index in [0.717, 1.165) is 25.8 Å². The molecule has 4 heteroatoms. The third-order valence-electron chi connectivity index (χ3n) is 2.86. The van der Waals surface area contributed by atoms with E-state index in [0.29, 0.717) is 19.1 Å². The summed E-state index contributed by atoms with van der Waals surface area (Å²) >= 11 is 0. The average Bonchev–Trinajstić information content (AvgIpc) is 2.70. The molecule has 1 rings (SSSR count). The van der Waals surface area contributed by atoms with E-state index in [9.17, 15) is 4.79 Å². The van der Waals surface area contributed by atoms with Crippen molar-refractivity contribution >= 4 is 6.03 Å². The smallest absolute Gasteiger partial charge is 0.317 e. The molecule has 0 aliphatic heterocycles. The van der Waals surface area contributed by atoms with Gasteiger partial charge in [0.25, 0.3) is 0 Å². The molecule has 2 amide bonds. The van der Waals surface area contributed by atoms with Crippen LogP contribution in [0.5, 0.6) is 0 Å². The molecular formula is C11H23N3O. The Kier molecular flexibility index (Phi) is 5.47. The quantitative estimate of drug-likeness (QED) is 0.723. The lowest BCUT2D eigenvalue weighted by Gasteiger charge is -2.24. The monoisotopic (exact) mass is 213 g/mol. The van der Waals surface area contributed by atoms with Gasteiger partial charge in [0.15, 0.2) is 0 Å². The van der Waals surface area contributed by atoms with Crippen LogP contribution in [0.1, 0.15) is 39.0 Å². The molecule has 1 fully saturated rings. The number of rotatable bonds is 5. The van der Waals surface area contributed by atoms with Gasteiger partial charge in [-0.3, -0.25) is 0 Å². The molecule has 0 heterocycles. The number of hydrogen-bond donors (Lipinski definition) is 2. The Morgan fingerprint density at radius 1 is 1.40 bits per heavy atom. The molecule has 0 spiro atoms. The van der Waals surface area contributed by atoms with Crippen LogP contribution < -0.4 is 11.1 Å². The van der Waals surface area contributed by atoms with Crippen molar-refractivity contribution in [3.05, 3.63) is 0 Å². The van der Waals surface area contributed by atoms with Crippen molar-refractivity contribution in [1.29, 1.82) is 0 Å². The van der Waals surface area contributed by atoms with Crippen LogP contribution in [-0.4, -0.2) is 36.6 Å². The highest BCUT2D eigenvalue weighted by Gasteiger charge is 2.19. The number of carbonyl (C=O) groups is 1. The van der Waals surface area contributed by atoms with E-state index in [1.54, 1.807) is 0 Å². The first-order valence-electron chi connectivity index (χ1n) is 6.03. The lowest BCUT2D eigenvalue weighted by atomic mass is 10.2. The molecule has 1 aliphatic rings. The Balaban J connectivity index is 2.33. The SMILES string of the molecule is CCCN(CCN)C(=O)NC1CCCC1. The number of nitrogens with zero attached hydrogens (tertiary/aromatic N) is 1. The minimum atomic E-state index is 0.0641. The maximum atomic E-state index is 11.8. The fourth-order valence-electron chi connectivity index (χ4n) is 2.08. The van der Waals surface area contributed by atoms with Gasteiger partial charge in [0.2, 0.25) is 0 Å². The minimum Gasteiger partial charge on any atom is -0.335 e. The Hall–Kier alpha value is -0.770. The van der Waals surface area contributed by atoms with Crippen LogP contribution in [-0.2, 0) is 0 Å². The molecule has 0 aromatic heterocycles. The molecule has 0 radical (unpaired) electrons. The van der Waals surface area contributed by atoms with Gasteiger partial charge in [-0.1, -0.05) is 19.8 Å². The van der Waals surface area contributed by atoms with Gasteiger partial charge in [-0.05, 0) is 19.3 Å². The zero-order valence-corrected chi connectivity index (χ0v) is 9.67. The van der Waals surface area contributed by atoms with E-state index in [2.05, 4.69) is 12.2 Å². The zero-order valence-electron chi connectivity index (χ0n) is 9.67. The van der Waals surface area contributed by atoms with Crippen LogP contribution in [0.15, 0.2) is 0 Å². The molecule has 3 N–H and O–H groups in total. The highest BCUT2D eigenvalue weighted by Crippen LogP contribution is 2.17. The maximum Gasteiger partial charge on any atom is 0.317 e. The van der Waals surface area contributed by atoms with E-state index in [-0.39, 0.29) is 6.03 Å². The largest absolute Gasteiger partial charge is 0.335 e. The fraction of sp³-hybridized carbons (Fsp3) is 0.909. The lowest BCUT2D eigenvalue weighted by molar-refractivity contribution is 0.195. The van der Waals surface area contributed by atoms with Gasteiger partial charge in [-0.2, -0.15) is 0 Å². The first-order chi connectivity index (χ1) is 7.27. The van der Waals surface area contributed by atoms with Crippen molar-refractivity contribution in [2.45, 2.75) is 45.1 Å². The summed E-state index contributed by atoms with van der Waals surface area (Å²) < 4.78 is 0. The Morgan fingerprint density at radius 2 is 2.07 bits per heavy atom. The molecule has 1 aliphatic carbocycles. The first-order valence-corrected chi connectivity index (χ1v) is 6.03. The highest BCUT2D eigenvalue weighted by atomic mass is 16.2. The normalized spacial score (nSPS) is 16.7. The summed E-state index contributed by atoms with van der Waals surface area (Å²) in [5, 5.41) is 3.08. The maximum absolute atomic E-state index is 11.8. The van der Waals surface area contributed by atoms with E-state index in [4.69, 9.17) is 5.73 Å². The van der Waals surface area contributed by atoms with Crippen LogP contribution in [0.2, 0.25) is 0 Å². The fourth-order valence-corrected chi connectivity index (χ4v) is 2.08. The molecule has 0 atom stereocenters. The van der Waals surface area contributed by atoms with E-state index >= 15 is 0 Å². The summed E-state index contributed by atoms with van der Waals surface area (Å²) in [4.78, 5) is 13.7. The third kappa shape index (κ3) is 4.08. The summed E-state index contributed by atoms with van der Waals surface area (Å²) in [6.45, 7) is 4.08. The Bertz CT molecular complexity index is 184. The molecule has 4 nitrogen and oxygen atoms in total. The third-order valence-corrected chi connectivity index (χ3v) is 2.86. The summed E-state index contributed by atoms with van der Waals surface area (Å²) in [6, 6.07) is 0.462. The van der Waals surface area contributed by atoms with Crippen LogP contribution in [0.25, 0.3) is 0 Å². The van der Waals surface area contributed by atoms with Crippen molar-refractivity contribution in [1.82, 2.24) is 10.2 Å². The van der Waals surface area contributed by atoms with Gasteiger partial charge in [0.05, 0.1) is 0 Å². The van der Waals surface area contributed by atoms with Crippen molar-refractivity contribution in [2.24, 2.45) is 5.73 Å². The summed E-state index contributed by atoms with van der Waals surface area (Å²) in [6.07, 6.45) is 5.74. The molecule has 0 saturated heterocycles. The van der Waals surface area contributed by atoms with Crippen molar-refractivity contribution in [3.63, 3.8) is 0 Å². The number of nitrogens with one attached hydrogen (secondary N) is 1. The van der Waals surface area contributed by atoms with E-state index in [1.165, 1.54) is 12.8 Å². The van der Waals surface area contributed by atoms with Crippen molar-refractivity contribution in [2.75, 3.05) is 19.6 Å². The lowest BCUT2D eigenvalue weighted by Crippen LogP contribution is -2.46. The number of nitrogens with two attached hydrogens (primary N) is 1. The zero-order chi connectivity index (χ0) is 11.1. The molecule has 1 saturated carbocycles. The van der Waals surface area contributed by atoms with Crippen LogP contribution >= 0.6 is 0 Å². The Morgan fingerprint density at radius 3 is 2.60 bits per heavy atom. The second kappa shape index (κ2) is 6.67. The summed E-state index contributed by atoms with van der Waals surface area (Å²) in [5.74, 6) is 0. The highest BCUT2D eigenvalue weighted by molar-refractivity contribution is 5.74. The molecule has 0 aromatic carbocycles. The van der Waals surface area contributed by atoms with Crippen molar-refractivity contribution in [3.8, 4) is 0 Å². The van der Waals surface area contributed by atoms with Crippen molar-refractivity contribution < 1.29 is 4.79 Å². The average molecular weight is 213 g/mol. The van der Waals surface area contributed by atoms with Gasteiger partial charge in [0.1, 0.15) is 0 Å². The summed E-state index contributed by atoms with van der Waals surface area (Å²) in [7, 11) is 0. The van der Waals surface area contributed by atoms with Crippen LogP contribution in [0.3, 0.4) is 0 Å². The number of amides is 2. The van der Waals surface area contributed by atoms with Gasteiger partial charge in [-0.15, -0.1) is 0 Å².